The summed E-state index contributed by atoms with van der Waals surface area (Å²) in [6.07, 6.45) is 1.59. The molecule has 1 amide bonds. The van der Waals surface area contributed by atoms with E-state index in [1.54, 1.807) is 29.1 Å². The van der Waals surface area contributed by atoms with Crippen LogP contribution in [0.3, 0.4) is 0 Å². The van der Waals surface area contributed by atoms with Crippen LogP contribution < -0.4 is 5.32 Å². The maximum absolute atomic E-state index is 12.4. The lowest BCUT2D eigenvalue weighted by Crippen LogP contribution is -2.14. The molecule has 1 aromatic heterocycles. The fraction of sp³-hybridized carbons (Fsp3) is 0.158. The van der Waals surface area contributed by atoms with Gasteiger partial charge in [-0.3, -0.25) is 4.79 Å². The highest BCUT2D eigenvalue weighted by Crippen LogP contribution is 2.18. The van der Waals surface area contributed by atoms with Crippen LogP contribution in [0, 0.1) is 6.92 Å². The van der Waals surface area contributed by atoms with Crippen molar-refractivity contribution in [1.29, 1.82) is 0 Å². The number of nitrogens with zero attached hydrogens (tertiary/aromatic N) is 3. The molecule has 1 heterocycles. The van der Waals surface area contributed by atoms with Gasteiger partial charge in [-0.1, -0.05) is 41.6 Å². The van der Waals surface area contributed by atoms with Crippen molar-refractivity contribution in [3.63, 3.8) is 0 Å². The minimum atomic E-state index is -0.464. The molecule has 0 bridgehead atoms. The van der Waals surface area contributed by atoms with E-state index in [1.807, 2.05) is 37.3 Å². The number of hydrogen-bond donors (Lipinski definition) is 1. The predicted octanol–water partition coefficient (Wildman–Crippen LogP) is 2.67. The Bertz CT molecular complexity index is 935. The van der Waals surface area contributed by atoms with Crippen LogP contribution in [-0.2, 0) is 11.3 Å². The number of ether oxygens (including phenoxy) is 1. The Morgan fingerprint density at radius 2 is 1.92 bits per heavy atom. The number of carbonyl (C=O) groups excluding carboxylic acids is 2. The van der Waals surface area contributed by atoms with Crippen molar-refractivity contribution in [2.45, 2.75) is 13.5 Å². The van der Waals surface area contributed by atoms with Gasteiger partial charge in [0, 0.05) is 5.69 Å². The summed E-state index contributed by atoms with van der Waals surface area (Å²) in [5.41, 5.74) is 2.97. The van der Waals surface area contributed by atoms with Crippen molar-refractivity contribution in [3.05, 3.63) is 77.1 Å². The fourth-order valence-electron chi connectivity index (χ4n) is 2.44. The van der Waals surface area contributed by atoms with Gasteiger partial charge in [-0.2, -0.15) is 0 Å². The van der Waals surface area contributed by atoms with E-state index in [2.05, 4.69) is 15.6 Å². The summed E-state index contributed by atoms with van der Waals surface area (Å²) < 4.78 is 6.30. The van der Waals surface area contributed by atoms with Crippen LogP contribution in [0.15, 0.2) is 54.7 Å². The van der Waals surface area contributed by atoms with Gasteiger partial charge in [0.15, 0.2) is 5.69 Å². The summed E-state index contributed by atoms with van der Waals surface area (Å²) in [7, 11) is 1.31. The number of amides is 1. The summed E-state index contributed by atoms with van der Waals surface area (Å²) in [6, 6.07) is 14.7. The average molecular weight is 350 g/mol. The molecule has 0 aliphatic rings. The van der Waals surface area contributed by atoms with Crippen LogP contribution in [-0.4, -0.2) is 34.0 Å². The monoisotopic (exact) mass is 350 g/mol. The first-order valence-electron chi connectivity index (χ1n) is 8.01. The van der Waals surface area contributed by atoms with Gasteiger partial charge < -0.3 is 10.1 Å². The Hall–Kier alpha value is -3.48. The standard InChI is InChI=1S/C19H18N4O3/c1-13-8-9-15(19(25)26-2)10-16(13)20-18(24)17-12-23(22-21-17)11-14-6-4-3-5-7-14/h3-10,12H,11H2,1-2H3,(H,20,24). The number of anilines is 1. The summed E-state index contributed by atoms with van der Waals surface area (Å²) in [5.74, 6) is -0.858. The van der Waals surface area contributed by atoms with E-state index in [0.29, 0.717) is 17.8 Å². The minimum Gasteiger partial charge on any atom is -0.465 e. The Kier molecular flexibility index (Phi) is 5.07. The van der Waals surface area contributed by atoms with E-state index in [-0.39, 0.29) is 5.69 Å². The van der Waals surface area contributed by atoms with Crippen molar-refractivity contribution in [2.75, 3.05) is 12.4 Å². The lowest BCUT2D eigenvalue weighted by molar-refractivity contribution is 0.0600. The third-order valence-electron chi connectivity index (χ3n) is 3.87. The van der Waals surface area contributed by atoms with Gasteiger partial charge in [-0.15, -0.1) is 5.10 Å². The number of rotatable bonds is 5. The zero-order valence-corrected chi connectivity index (χ0v) is 14.5. The molecule has 0 spiro atoms. The number of aromatic nitrogens is 3. The SMILES string of the molecule is COC(=O)c1ccc(C)c(NC(=O)c2cn(Cc3ccccc3)nn2)c1. The molecule has 0 radical (unpaired) electrons. The molecular weight excluding hydrogens is 332 g/mol. The Labute approximate surface area is 150 Å². The number of hydrogen-bond acceptors (Lipinski definition) is 5. The predicted molar refractivity (Wildman–Crippen MR) is 96.0 cm³/mol. The third kappa shape index (κ3) is 3.94. The summed E-state index contributed by atoms with van der Waals surface area (Å²) >= 11 is 0. The molecule has 0 fully saturated rings. The summed E-state index contributed by atoms with van der Waals surface area (Å²) in [5, 5.41) is 10.7. The van der Waals surface area contributed by atoms with E-state index >= 15 is 0 Å². The maximum atomic E-state index is 12.4. The second-order valence-corrected chi connectivity index (χ2v) is 5.76. The Morgan fingerprint density at radius 3 is 2.65 bits per heavy atom. The number of aryl methyl sites for hydroxylation is 1. The quantitative estimate of drug-likeness (QED) is 0.715. The molecule has 0 saturated carbocycles. The Morgan fingerprint density at radius 1 is 1.15 bits per heavy atom. The normalized spacial score (nSPS) is 10.4. The highest BCUT2D eigenvalue weighted by molar-refractivity contribution is 6.03. The van der Waals surface area contributed by atoms with E-state index < -0.39 is 11.9 Å². The molecule has 0 saturated heterocycles. The summed E-state index contributed by atoms with van der Waals surface area (Å²) in [6.45, 7) is 2.36. The molecule has 0 aliphatic heterocycles. The van der Waals surface area contributed by atoms with Crippen LogP contribution in [0.1, 0.15) is 32.0 Å². The van der Waals surface area contributed by atoms with E-state index in [9.17, 15) is 9.59 Å². The Balaban J connectivity index is 1.74. The molecule has 26 heavy (non-hydrogen) atoms. The van der Waals surface area contributed by atoms with E-state index in [4.69, 9.17) is 4.74 Å². The van der Waals surface area contributed by atoms with Crippen LogP contribution in [0.2, 0.25) is 0 Å². The van der Waals surface area contributed by atoms with Crippen molar-refractivity contribution in [1.82, 2.24) is 15.0 Å². The molecule has 7 heteroatoms. The second-order valence-electron chi connectivity index (χ2n) is 5.76. The first kappa shape index (κ1) is 17.3. The van der Waals surface area contributed by atoms with Crippen molar-refractivity contribution in [3.8, 4) is 0 Å². The second kappa shape index (κ2) is 7.60. The topological polar surface area (TPSA) is 86.1 Å². The molecule has 132 valence electrons. The first-order chi connectivity index (χ1) is 12.6. The number of carbonyl (C=O) groups is 2. The lowest BCUT2D eigenvalue weighted by Gasteiger charge is -2.08. The fourth-order valence-corrected chi connectivity index (χ4v) is 2.44. The molecular formula is C19H18N4O3. The smallest absolute Gasteiger partial charge is 0.337 e. The zero-order valence-electron chi connectivity index (χ0n) is 14.5. The molecule has 2 aromatic carbocycles. The molecule has 3 aromatic rings. The van der Waals surface area contributed by atoms with Crippen molar-refractivity contribution in [2.24, 2.45) is 0 Å². The highest BCUT2D eigenvalue weighted by atomic mass is 16.5. The average Bonchev–Trinajstić information content (AvgIpc) is 3.12. The van der Waals surface area contributed by atoms with Gasteiger partial charge in [0.2, 0.25) is 0 Å². The van der Waals surface area contributed by atoms with Crippen LogP contribution in [0.5, 0.6) is 0 Å². The van der Waals surface area contributed by atoms with Gasteiger partial charge in [0.25, 0.3) is 5.91 Å². The number of esters is 1. The molecule has 0 aliphatic carbocycles. The van der Waals surface area contributed by atoms with Gasteiger partial charge in [-0.05, 0) is 30.2 Å². The van der Waals surface area contributed by atoms with Gasteiger partial charge in [0.1, 0.15) is 0 Å². The van der Waals surface area contributed by atoms with E-state index in [0.717, 1.165) is 11.1 Å². The minimum absolute atomic E-state index is 0.198. The zero-order chi connectivity index (χ0) is 18.5. The molecule has 1 N–H and O–H groups in total. The van der Waals surface area contributed by atoms with Gasteiger partial charge in [-0.25, -0.2) is 9.48 Å². The molecule has 7 nitrogen and oxygen atoms in total. The van der Waals surface area contributed by atoms with Crippen LogP contribution in [0.4, 0.5) is 5.69 Å². The van der Waals surface area contributed by atoms with Crippen LogP contribution in [0.25, 0.3) is 0 Å². The largest absolute Gasteiger partial charge is 0.465 e. The van der Waals surface area contributed by atoms with Gasteiger partial charge in [0.05, 0.1) is 25.4 Å². The van der Waals surface area contributed by atoms with E-state index in [1.165, 1.54) is 7.11 Å². The first-order valence-corrected chi connectivity index (χ1v) is 8.01. The van der Waals surface area contributed by atoms with Crippen molar-refractivity contribution < 1.29 is 14.3 Å². The van der Waals surface area contributed by atoms with Crippen LogP contribution >= 0.6 is 0 Å². The molecule has 3 rings (SSSR count). The summed E-state index contributed by atoms with van der Waals surface area (Å²) in [4.78, 5) is 24.1. The van der Waals surface area contributed by atoms with Crippen molar-refractivity contribution >= 4 is 17.6 Å². The molecule has 0 unspecified atom stereocenters. The van der Waals surface area contributed by atoms with Gasteiger partial charge >= 0.3 is 5.97 Å². The highest BCUT2D eigenvalue weighted by Gasteiger charge is 2.14. The third-order valence-corrected chi connectivity index (χ3v) is 3.87. The lowest BCUT2D eigenvalue weighted by atomic mass is 10.1. The molecule has 0 atom stereocenters. The maximum Gasteiger partial charge on any atom is 0.337 e. The number of nitrogens with one attached hydrogen (secondary N) is 1. The number of methoxy groups -OCH3 is 1. The number of benzene rings is 2.